The quantitative estimate of drug-likeness (QED) is 0.359. The number of aromatic nitrogens is 1. The van der Waals surface area contributed by atoms with Crippen LogP contribution in [0.3, 0.4) is 0 Å². The molecule has 2 amide bonds. The maximum absolute atomic E-state index is 13.4. The Balaban J connectivity index is 1.82. The van der Waals surface area contributed by atoms with Crippen LogP contribution in [0.25, 0.3) is 22.4 Å². The van der Waals surface area contributed by atoms with E-state index in [9.17, 15) is 37.9 Å². The van der Waals surface area contributed by atoms with Crippen molar-refractivity contribution >= 4 is 35.0 Å². The number of phenols is 1. The fourth-order valence-corrected chi connectivity index (χ4v) is 4.76. The summed E-state index contributed by atoms with van der Waals surface area (Å²) in [5.41, 5.74) is 1.24. The van der Waals surface area contributed by atoms with Crippen molar-refractivity contribution in [3.8, 4) is 34.2 Å². The van der Waals surface area contributed by atoms with Gasteiger partial charge in [-0.2, -0.15) is 18.4 Å². The van der Waals surface area contributed by atoms with Crippen LogP contribution < -0.4 is 11.3 Å². The lowest BCUT2D eigenvalue weighted by molar-refractivity contribution is -0.142. The van der Waals surface area contributed by atoms with E-state index in [1.807, 2.05) is 0 Å². The fourth-order valence-electron chi connectivity index (χ4n) is 4.30. The third-order valence-electron chi connectivity index (χ3n) is 6.56. The van der Waals surface area contributed by atoms with Gasteiger partial charge in [0, 0.05) is 45.9 Å². The van der Waals surface area contributed by atoms with E-state index in [4.69, 9.17) is 28.9 Å². The van der Waals surface area contributed by atoms with Crippen molar-refractivity contribution in [1.82, 2.24) is 9.88 Å². The number of hydrogen-bond acceptors (Lipinski definition) is 5. The van der Waals surface area contributed by atoms with E-state index in [2.05, 4.69) is 4.98 Å². The molecule has 3 aromatic rings. The Kier molecular flexibility index (Phi) is 7.14. The van der Waals surface area contributed by atoms with Gasteiger partial charge in [0.2, 0.25) is 11.8 Å². The van der Waals surface area contributed by atoms with Gasteiger partial charge in [-0.25, -0.2) is 0 Å². The third kappa shape index (κ3) is 5.17. The summed E-state index contributed by atoms with van der Waals surface area (Å²) in [6.07, 6.45) is -4.09. The molecule has 0 radical (unpaired) electrons. The minimum Gasteiger partial charge on any atom is -0.507 e. The lowest BCUT2D eigenvalue weighted by Gasteiger charge is -2.23. The maximum atomic E-state index is 13.4. The van der Waals surface area contributed by atoms with Gasteiger partial charge in [-0.15, -0.1) is 0 Å². The number of benzene rings is 2. The van der Waals surface area contributed by atoms with Crippen LogP contribution in [0.2, 0.25) is 10.0 Å². The first-order chi connectivity index (χ1) is 18.2. The van der Waals surface area contributed by atoms with Gasteiger partial charge >= 0.3 is 6.18 Å². The topological polar surface area (TPSA) is 140 Å². The summed E-state index contributed by atoms with van der Waals surface area (Å²) in [6, 6.07) is 8.04. The van der Waals surface area contributed by atoms with Crippen LogP contribution in [0, 0.1) is 16.7 Å². The van der Waals surface area contributed by atoms with Gasteiger partial charge in [0.25, 0.3) is 5.56 Å². The summed E-state index contributed by atoms with van der Waals surface area (Å²) < 4.78 is 40.1. The van der Waals surface area contributed by atoms with E-state index in [0.717, 1.165) is 18.2 Å². The summed E-state index contributed by atoms with van der Waals surface area (Å²) in [5, 5.41) is 20.6. The summed E-state index contributed by atoms with van der Waals surface area (Å²) in [7, 11) is 1.42. The highest BCUT2D eigenvalue weighted by molar-refractivity contribution is 6.33. The summed E-state index contributed by atoms with van der Waals surface area (Å²) in [5.74, 6) is -1.67. The lowest BCUT2D eigenvalue weighted by atomic mass is 9.96. The SMILES string of the molecule is CN(Cc1cc(Cl)cc(-c2cc(-c3cc(C(F)(F)F)ccc3Cl)c(C#N)c(=O)[nH]2)c1O)C(=O)C1(C(N)=O)CC1. The highest BCUT2D eigenvalue weighted by Gasteiger charge is 2.56. The van der Waals surface area contributed by atoms with Crippen LogP contribution in [0.5, 0.6) is 5.75 Å². The van der Waals surface area contributed by atoms with Gasteiger partial charge in [0.1, 0.15) is 22.8 Å². The molecule has 1 aromatic heterocycles. The number of alkyl halides is 3. The molecular formula is C26H19Cl2F3N4O4. The number of nitriles is 1. The third-order valence-corrected chi connectivity index (χ3v) is 7.11. The fraction of sp³-hybridized carbons (Fsp3) is 0.231. The predicted octanol–water partition coefficient (Wildman–Crippen LogP) is 4.84. The van der Waals surface area contributed by atoms with Crippen molar-refractivity contribution in [2.45, 2.75) is 25.6 Å². The Hall–Kier alpha value is -4.01. The van der Waals surface area contributed by atoms with Crippen molar-refractivity contribution in [2.24, 2.45) is 11.1 Å². The van der Waals surface area contributed by atoms with Gasteiger partial charge in [-0.3, -0.25) is 14.4 Å². The number of phenolic OH excluding ortho intramolecular Hbond substituents is 1. The zero-order chi connectivity index (χ0) is 28.9. The molecule has 1 saturated carbocycles. The highest BCUT2D eigenvalue weighted by Crippen LogP contribution is 2.47. The molecule has 1 aliphatic rings. The van der Waals surface area contributed by atoms with E-state index in [0.29, 0.717) is 12.8 Å². The molecule has 8 nitrogen and oxygen atoms in total. The number of nitrogens with two attached hydrogens (primary N) is 1. The number of amides is 2. The molecule has 202 valence electrons. The summed E-state index contributed by atoms with van der Waals surface area (Å²) >= 11 is 12.4. The van der Waals surface area contributed by atoms with Crippen LogP contribution in [-0.2, 0) is 22.3 Å². The molecule has 0 spiro atoms. The van der Waals surface area contributed by atoms with Crippen molar-refractivity contribution in [1.29, 1.82) is 5.26 Å². The second kappa shape index (κ2) is 9.94. The number of H-pyrrole nitrogens is 1. The Bertz CT molecular complexity index is 1630. The molecule has 0 aliphatic heterocycles. The van der Waals surface area contributed by atoms with E-state index in [1.165, 1.54) is 30.1 Å². The average molecular weight is 579 g/mol. The van der Waals surface area contributed by atoms with E-state index in [-0.39, 0.29) is 44.5 Å². The number of carbonyl (C=O) groups is 2. The second-order valence-corrected chi connectivity index (χ2v) is 10.0. The predicted molar refractivity (Wildman–Crippen MR) is 137 cm³/mol. The minimum absolute atomic E-state index is 0.0275. The molecule has 0 unspecified atom stereocenters. The molecule has 4 N–H and O–H groups in total. The Morgan fingerprint density at radius 2 is 1.82 bits per heavy atom. The molecule has 1 fully saturated rings. The highest BCUT2D eigenvalue weighted by atomic mass is 35.5. The first-order valence-electron chi connectivity index (χ1n) is 11.3. The van der Waals surface area contributed by atoms with Crippen LogP contribution in [0.1, 0.15) is 29.5 Å². The van der Waals surface area contributed by atoms with Gasteiger partial charge < -0.3 is 20.7 Å². The lowest BCUT2D eigenvalue weighted by Crippen LogP contribution is -2.41. The van der Waals surface area contributed by atoms with Crippen molar-refractivity contribution in [2.75, 3.05) is 7.05 Å². The van der Waals surface area contributed by atoms with Crippen LogP contribution in [0.4, 0.5) is 13.2 Å². The van der Waals surface area contributed by atoms with Crippen LogP contribution >= 0.6 is 23.2 Å². The smallest absolute Gasteiger partial charge is 0.416 e. The first kappa shape index (κ1) is 28.0. The molecule has 0 saturated heterocycles. The first-order valence-corrected chi connectivity index (χ1v) is 12.1. The average Bonchev–Trinajstić information content (AvgIpc) is 3.67. The Morgan fingerprint density at radius 3 is 2.38 bits per heavy atom. The number of primary amides is 1. The monoisotopic (exact) mass is 578 g/mol. The molecule has 4 rings (SSSR count). The van der Waals surface area contributed by atoms with Gasteiger partial charge in [0.05, 0.1) is 11.3 Å². The zero-order valence-electron chi connectivity index (χ0n) is 20.1. The van der Waals surface area contributed by atoms with E-state index >= 15 is 0 Å². The van der Waals surface area contributed by atoms with Crippen molar-refractivity contribution < 1.29 is 27.9 Å². The normalized spacial score (nSPS) is 14.0. The van der Waals surface area contributed by atoms with Crippen molar-refractivity contribution in [3.05, 3.63) is 73.5 Å². The molecule has 2 aromatic carbocycles. The summed E-state index contributed by atoms with van der Waals surface area (Å²) in [4.78, 5) is 41.0. The Morgan fingerprint density at radius 1 is 1.15 bits per heavy atom. The number of rotatable bonds is 6. The maximum Gasteiger partial charge on any atom is 0.416 e. The number of carbonyl (C=O) groups excluding carboxylic acids is 2. The molecule has 0 atom stereocenters. The summed E-state index contributed by atoms with van der Waals surface area (Å²) in [6.45, 7) is -0.180. The molecular weight excluding hydrogens is 560 g/mol. The number of nitrogens with zero attached hydrogens (tertiary/aromatic N) is 2. The van der Waals surface area contributed by atoms with Crippen LogP contribution in [0.15, 0.2) is 41.2 Å². The second-order valence-electron chi connectivity index (χ2n) is 9.17. The molecule has 1 heterocycles. The van der Waals surface area contributed by atoms with Gasteiger partial charge in [0.15, 0.2) is 0 Å². The number of pyridine rings is 1. The van der Waals surface area contributed by atoms with Gasteiger partial charge in [-0.05, 0) is 49.2 Å². The zero-order valence-corrected chi connectivity index (χ0v) is 21.6. The number of halogens is 5. The number of nitrogens with one attached hydrogen (secondary N) is 1. The molecule has 0 bridgehead atoms. The molecule has 1 aliphatic carbocycles. The van der Waals surface area contributed by atoms with E-state index < -0.39 is 45.8 Å². The number of hydrogen-bond donors (Lipinski definition) is 3. The standard InChI is InChI=1S/C26H19Cl2F3N4O4/c1-35(24(39)25(4-5-25)23(33)38)11-12-6-14(27)8-17(21(12)36)20-9-15(18(10-32)22(37)34-20)16-7-13(26(29,30)31)2-3-19(16)28/h2-3,6-9,36H,4-5,11H2,1H3,(H2,33,38)(H,34,37). The number of aromatic hydroxyl groups is 1. The van der Waals surface area contributed by atoms with Crippen molar-refractivity contribution in [3.63, 3.8) is 0 Å². The number of aromatic amines is 1. The molecule has 13 heteroatoms. The largest absolute Gasteiger partial charge is 0.507 e. The Labute approximate surface area is 229 Å². The van der Waals surface area contributed by atoms with Crippen LogP contribution in [-0.4, -0.2) is 33.9 Å². The molecule has 39 heavy (non-hydrogen) atoms. The van der Waals surface area contributed by atoms with Gasteiger partial charge in [-0.1, -0.05) is 23.2 Å². The minimum atomic E-state index is -4.71. The van der Waals surface area contributed by atoms with E-state index in [1.54, 1.807) is 6.07 Å².